The Bertz CT molecular complexity index is 536. The maximum Gasteiger partial charge on any atom is 0.260 e. The van der Waals surface area contributed by atoms with E-state index in [2.05, 4.69) is 0 Å². The predicted molar refractivity (Wildman–Crippen MR) is 75.9 cm³/mol. The van der Waals surface area contributed by atoms with Crippen LogP contribution in [0.3, 0.4) is 0 Å². The quantitative estimate of drug-likeness (QED) is 0.924. The van der Waals surface area contributed by atoms with Gasteiger partial charge in [0, 0.05) is 0 Å². The first-order valence-electron chi connectivity index (χ1n) is 6.87. The Balaban J connectivity index is 1.51. The Kier molecular flexibility index (Phi) is 3.38. The van der Waals surface area contributed by atoms with Gasteiger partial charge in [0.2, 0.25) is 0 Å². The number of amides is 1. The number of halogens is 1. The average molecular weight is 296 g/mol. The molecular formula is C15H18ClNO3. The van der Waals surface area contributed by atoms with Gasteiger partial charge in [-0.05, 0) is 43.4 Å². The topological polar surface area (TPSA) is 49.8 Å². The minimum atomic E-state index is -0.642. The van der Waals surface area contributed by atoms with Crippen LogP contribution in [0.1, 0.15) is 18.4 Å². The van der Waals surface area contributed by atoms with Crippen molar-refractivity contribution < 1.29 is 14.6 Å². The largest absolute Gasteiger partial charge is 0.482 e. The average Bonchev–Trinajstić information content (AvgIpc) is 3.20. The summed E-state index contributed by atoms with van der Waals surface area (Å²) in [4.78, 5) is 13.6. The van der Waals surface area contributed by atoms with Crippen molar-refractivity contribution in [3.8, 4) is 5.75 Å². The lowest BCUT2D eigenvalue weighted by Gasteiger charge is -2.46. The molecule has 5 heteroatoms. The summed E-state index contributed by atoms with van der Waals surface area (Å²) >= 11 is 6.01. The molecule has 1 aromatic rings. The lowest BCUT2D eigenvalue weighted by Crippen LogP contribution is -2.65. The highest BCUT2D eigenvalue weighted by atomic mass is 35.5. The zero-order valence-corrected chi connectivity index (χ0v) is 12.2. The summed E-state index contributed by atoms with van der Waals surface area (Å²) in [5.41, 5.74) is 0.389. The van der Waals surface area contributed by atoms with Gasteiger partial charge < -0.3 is 14.7 Å². The minimum Gasteiger partial charge on any atom is -0.482 e. The van der Waals surface area contributed by atoms with Gasteiger partial charge in [0.05, 0.1) is 18.1 Å². The van der Waals surface area contributed by atoms with Gasteiger partial charge in [0.1, 0.15) is 11.4 Å². The van der Waals surface area contributed by atoms with Gasteiger partial charge in [-0.3, -0.25) is 4.79 Å². The molecule has 1 aliphatic heterocycles. The zero-order chi connectivity index (χ0) is 14.3. The van der Waals surface area contributed by atoms with E-state index in [1.807, 2.05) is 19.1 Å². The van der Waals surface area contributed by atoms with E-state index in [1.54, 1.807) is 11.0 Å². The number of aliphatic hydroxyl groups is 1. The standard InChI is InChI=1S/C15H18ClNO3/c1-10-2-5-12(16)13(6-10)20-7-14(18)17-8-15(19,9-17)11-3-4-11/h2,5-6,11,19H,3-4,7-9H2,1H3. The van der Waals surface area contributed by atoms with E-state index in [1.165, 1.54) is 0 Å². The summed E-state index contributed by atoms with van der Waals surface area (Å²) in [6.45, 7) is 2.77. The Morgan fingerprint density at radius 2 is 2.20 bits per heavy atom. The van der Waals surface area contributed by atoms with E-state index >= 15 is 0 Å². The number of benzene rings is 1. The van der Waals surface area contributed by atoms with Crippen LogP contribution >= 0.6 is 11.6 Å². The first kappa shape index (κ1) is 13.7. The smallest absolute Gasteiger partial charge is 0.260 e. The van der Waals surface area contributed by atoms with E-state index in [-0.39, 0.29) is 12.5 Å². The van der Waals surface area contributed by atoms with Crippen LogP contribution in [0.5, 0.6) is 5.75 Å². The summed E-state index contributed by atoms with van der Waals surface area (Å²) in [5, 5.41) is 10.7. The lowest BCUT2D eigenvalue weighted by molar-refractivity contribution is -0.161. The Labute approximate surface area is 123 Å². The summed E-state index contributed by atoms with van der Waals surface area (Å²) < 4.78 is 5.48. The molecule has 0 radical (unpaired) electrons. The summed E-state index contributed by atoms with van der Waals surface area (Å²) in [5.74, 6) is 0.810. The number of hydrogen-bond acceptors (Lipinski definition) is 3. The van der Waals surface area contributed by atoms with Gasteiger partial charge in [-0.15, -0.1) is 0 Å². The maximum absolute atomic E-state index is 12.0. The Morgan fingerprint density at radius 1 is 1.50 bits per heavy atom. The third-order valence-electron chi connectivity index (χ3n) is 4.06. The molecule has 1 N–H and O–H groups in total. The lowest BCUT2D eigenvalue weighted by atomic mass is 9.89. The number of nitrogens with zero attached hydrogens (tertiary/aromatic N) is 1. The number of rotatable bonds is 4. The molecule has 0 atom stereocenters. The van der Waals surface area contributed by atoms with Crippen molar-refractivity contribution in [2.75, 3.05) is 19.7 Å². The van der Waals surface area contributed by atoms with Crippen molar-refractivity contribution in [3.63, 3.8) is 0 Å². The second kappa shape index (κ2) is 4.93. The molecule has 0 bridgehead atoms. The van der Waals surface area contributed by atoms with Crippen LogP contribution in [-0.2, 0) is 4.79 Å². The molecule has 1 amide bonds. The fourth-order valence-electron chi connectivity index (χ4n) is 2.62. The number of aryl methyl sites for hydroxylation is 1. The van der Waals surface area contributed by atoms with E-state index < -0.39 is 5.60 Å². The van der Waals surface area contributed by atoms with Gasteiger partial charge >= 0.3 is 0 Å². The molecule has 0 unspecified atom stereocenters. The normalized spacial score (nSPS) is 20.4. The van der Waals surface area contributed by atoms with Gasteiger partial charge in [-0.1, -0.05) is 17.7 Å². The summed E-state index contributed by atoms with van der Waals surface area (Å²) in [6, 6.07) is 5.46. The van der Waals surface area contributed by atoms with Gasteiger partial charge in [-0.2, -0.15) is 0 Å². The molecule has 20 heavy (non-hydrogen) atoms. The molecule has 1 aliphatic carbocycles. The van der Waals surface area contributed by atoms with Crippen LogP contribution in [0.25, 0.3) is 0 Å². The number of carbonyl (C=O) groups is 1. The van der Waals surface area contributed by atoms with Crippen molar-refractivity contribution in [2.24, 2.45) is 5.92 Å². The molecule has 3 rings (SSSR count). The van der Waals surface area contributed by atoms with Crippen molar-refractivity contribution in [3.05, 3.63) is 28.8 Å². The fourth-order valence-corrected chi connectivity index (χ4v) is 2.79. The van der Waals surface area contributed by atoms with Crippen LogP contribution in [0.4, 0.5) is 0 Å². The molecule has 1 heterocycles. The second-order valence-corrected chi connectivity index (χ2v) is 6.26. The molecule has 1 saturated carbocycles. The third-order valence-corrected chi connectivity index (χ3v) is 4.37. The highest BCUT2D eigenvalue weighted by molar-refractivity contribution is 6.32. The molecule has 108 valence electrons. The van der Waals surface area contributed by atoms with E-state index in [4.69, 9.17) is 16.3 Å². The van der Waals surface area contributed by atoms with Crippen LogP contribution in [-0.4, -0.2) is 41.2 Å². The van der Waals surface area contributed by atoms with E-state index in [0.717, 1.165) is 18.4 Å². The number of carbonyl (C=O) groups excluding carboxylic acids is 1. The van der Waals surface area contributed by atoms with Crippen molar-refractivity contribution >= 4 is 17.5 Å². The van der Waals surface area contributed by atoms with Crippen LogP contribution in [0, 0.1) is 12.8 Å². The number of ether oxygens (including phenoxy) is 1. The zero-order valence-electron chi connectivity index (χ0n) is 11.4. The summed E-state index contributed by atoms with van der Waals surface area (Å²) in [6.07, 6.45) is 2.15. The highest BCUT2D eigenvalue weighted by Crippen LogP contribution is 2.44. The first-order chi connectivity index (χ1) is 9.48. The van der Waals surface area contributed by atoms with Gasteiger partial charge in [-0.25, -0.2) is 0 Å². The molecule has 2 fully saturated rings. The van der Waals surface area contributed by atoms with Crippen LogP contribution < -0.4 is 4.74 Å². The predicted octanol–water partition coefficient (Wildman–Crippen LogP) is 2.01. The molecule has 1 saturated heterocycles. The van der Waals surface area contributed by atoms with Crippen molar-refractivity contribution in [2.45, 2.75) is 25.4 Å². The van der Waals surface area contributed by atoms with Gasteiger partial charge in [0.15, 0.2) is 6.61 Å². The monoisotopic (exact) mass is 295 g/mol. The number of β-amino-alcohol motifs (C(OH)–C–C–N with tert-alkyl or cyclic N) is 1. The fraction of sp³-hybridized carbons (Fsp3) is 0.533. The molecule has 2 aliphatic rings. The SMILES string of the molecule is Cc1ccc(Cl)c(OCC(=O)N2CC(O)(C3CC3)C2)c1. The van der Waals surface area contributed by atoms with Gasteiger partial charge in [0.25, 0.3) is 5.91 Å². The molecule has 1 aromatic carbocycles. The highest BCUT2D eigenvalue weighted by Gasteiger charge is 2.53. The summed E-state index contributed by atoms with van der Waals surface area (Å²) in [7, 11) is 0. The van der Waals surface area contributed by atoms with E-state index in [0.29, 0.717) is 29.8 Å². The molecule has 0 spiro atoms. The molecular weight excluding hydrogens is 278 g/mol. The number of hydrogen-bond donors (Lipinski definition) is 1. The third kappa shape index (κ3) is 2.63. The Morgan fingerprint density at radius 3 is 2.85 bits per heavy atom. The molecule has 0 aromatic heterocycles. The van der Waals surface area contributed by atoms with E-state index in [9.17, 15) is 9.90 Å². The van der Waals surface area contributed by atoms with Crippen molar-refractivity contribution in [1.82, 2.24) is 4.90 Å². The van der Waals surface area contributed by atoms with Crippen molar-refractivity contribution in [1.29, 1.82) is 0 Å². The second-order valence-electron chi connectivity index (χ2n) is 5.85. The van der Waals surface area contributed by atoms with Crippen LogP contribution in [0.2, 0.25) is 5.02 Å². The molecule has 4 nitrogen and oxygen atoms in total. The minimum absolute atomic E-state index is 0.0378. The maximum atomic E-state index is 12.0. The number of likely N-dealkylation sites (tertiary alicyclic amines) is 1. The Hall–Kier alpha value is -1.26. The van der Waals surface area contributed by atoms with Crippen LogP contribution in [0.15, 0.2) is 18.2 Å². The first-order valence-corrected chi connectivity index (χ1v) is 7.25.